The summed E-state index contributed by atoms with van der Waals surface area (Å²) in [4.78, 5) is 34.2. The van der Waals surface area contributed by atoms with Crippen LogP contribution in [0.15, 0.2) is 24.3 Å². The van der Waals surface area contributed by atoms with Gasteiger partial charge in [-0.1, -0.05) is 12.1 Å². The predicted octanol–water partition coefficient (Wildman–Crippen LogP) is 0.341. The lowest BCUT2D eigenvalue weighted by molar-refractivity contribution is -0.383. The SMILES string of the molecule is CN(CCC(=O)Nc1ccccc1[N+](=O)[O-])CC(N)=O. The number of hydrogen-bond donors (Lipinski definition) is 2. The number of rotatable bonds is 7. The lowest BCUT2D eigenvalue weighted by Crippen LogP contribution is -2.32. The quantitative estimate of drug-likeness (QED) is 0.551. The first kappa shape index (κ1) is 15.6. The van der Waals surface area contributed by atoms with Gasteiger partial charge in [-0.3, -0.25) is 24.6 Å². The number of nitro benzene ring substituents is 1. The minimum atomic E-state index is -0.561. The minimum absolute atomic E-state index is 0.0543. The van der Waals surface area contributed by atoms with Gasteiger partial charge in [0.15, 0.2) is 0 Å². The first-order chi connectivity index (χ1) is 9.40. The van der Waals surface area contributed by atoms with E-state index in [-0.39, 0.29) is 30.2 Å². The van der Waals surface area contributed by atoms with Crippen LogP contribution in [0.4, 0.5) is 11.4 Å². The maximum absolute atomic E-state index is 11.7. The molecule has 1 aromatic rings. The van der Waals surface area contributed by atoms with Crippen LogP contribution in [-0.4, -0.2) is 41.8 Å². The molecule has 0 heterocycles. The Morgan fingerprint density at radius 3 is 2.65 bits per heavy atom. The van der Waals surface area contributed by atoms with Gasteiger partial charge in [0, 0.05) is 19.0 Å². The number of anilines is 1. The van der Waals surface area contributed by atoms with Crippen LogP contribution in [0, 0.1) is 10.1 Å². The molecule has 1 aromatic carbocycles. The first-order valence-corrected chi connectivity index (χ1v) is 5.90. The zero-order valence-electron chi connectivity index (χ0n) is 11.0. The van der Waals surface area contributed by atoms with Crippen molar-refractivity contribution in [2.45, 2.75) is 6.42 Å². The zero-order valence-corrected chi connectivity index (χ0v) is 11.0. The van der Waals surface area contributed by atoms with E-state index in [1.807, 2.05) is 0 Å². The fourth-order valence-corrected chi connectivity index (χ4v) is 1.59. The third kappa shape index (κ3) is 5.02. The lowest BCUT2D eigenvalue weighted by atomic mass is 10.2. The van der Waals surface area contributed by atoms with Gasteiger partial charge in [-0.15, -0.1) is 0 Å². The van der Waals surface area contributed by atoms with Crippen LogP contribution in [-0.2, 0) is 9.59 Å². The molecular weight excluding hydrogens is 264 g/mol. The number of nitrogens with one attached hydrogen (secondary N) is 1. The van der Waals surface area contributed by atoms with E-state index >= 15 is 0 Å². The fourth-order valence-electron chi connectivity index (χ4n) is 1.59. The summed E-state index contributed by atoms with van der Waals surface area (Å²) in [7, 11) is 1.66. The number of para-hydroxylation sites is 2. The molecule has 0 saturated carbocycles. The van der Waals surface area contributed by atoms with Crippen LogP contribution in [0.2, 0.25) is 0 Å². The summed E-state index contributed by atoms with van der Waals surface area (Å²) in [6.45, 7) is 0.383. The van der Waals surface area contributed by atoms with E-state index in [0.717, 1.165) is 0 Å². The molecule has 0 unspecified atom stereocenters. The van der Waals surface area contributed by atoms with E-state index in [1.54, 1.807) is 18.0 Å². The van der Waals surface area contributed by atoms with Gasteiger partial charge in [0.25, 0.3) is 5.69 Å². The van der Waals surface area contributed by atoms with Crippen LogP contribution < -0.4 is 11.1 Å². The lowest BCUT2D eigenvalue weighted by Gasteiger charge is -2.13. The van der Waals surface area contributed by atoms with Crippen molar-refractivity contribution in [3.63, 3.8) is 0 Å². The second kappa shape index (κ2) is 7.19. The summed E-state index contributed by atoms with van der Waals surface area (Å²) < 4.78 is 0. The van der Waals surface area contributed by atoms with Gasteiger partial charge in [0.05, 0.1) is 11.5 Å². The van der Waals surface area contributed by atoms with E-state index in [9.17, 15) is 19.7 Å². The summed E-state index contributed by atoms with van der Waals surface area (Å²) in [6, 6.07) is 5.90. The van der Waals surface area contributed by atoms with E-state index in [4.69, 9.17) is 5.73 Å². The van der Waals surface area contributed by atoms with Crippen LogP contribution in [0.25, 0.3) is 0 Å². The number of likely N-dealkylation sites (N-methyl/N-ethyl adjacent to an activating group) is 1. The monoisotopic (exact) mass is 280 g/mol. The average Bonchev–Trinajstić information content (AvgIpc) is 2.36. The second-order valence-corrected chi connectivity index (χ2v) is 4.28. The summed E-state index contributed by atoms with van der Waals surface area (Å²) in [6.07, 6.45) is 0.107. The Hall–Kier alpha value is -2.48. The van der Waals surface area contributed by atoms with Crippen molar-refractivity contribution >= 4 is 23.2 Å². The molecule has 0 fully saturated rings. The van der Waals surface area contributed by atoms with Gasteiger partial charge in [-0.25, -0.2) is 0 Å². The highest BCUT2D eigenvalue weighted by Gasteiger charge is 2.15. The third-order valence-electron chi connectivity index (χ3n) is 2.52. The Bertz CT molecular complexity index is 518. The number of nitro groups is 1. The standard InChI is InChI=1S/C12H16N4O4/c1-15(8-11(13)17)7-6-12(18)14-9-4-2-3-5-10(9)16(19)20/h2-5H,6-8H2,1H3,(H2,13,17)(H,14,18). The van der Waals surface area contributed by atoms with E-state index < -0.39 is 10.8 Å². The fraction of sp³-hybridized carbons (Fsp3) is 0.333. The van der Waals surface area contributed by atoms with Gasteiger partial charge in [0.2, 0.25) is 11.8 Å². The molecule has 0 aliphatic carbocycles. The number of hydrogen-bond acceptors (Lipinski definition) is 5. The Morgan fingerprint density at radius 1 is 1.40 bits per heavy atom. The molecule has 1 rings (SSSR count). The summed E-state index contributed by atoms with van der Waals surface area (Å²) >= 11 is 0. The van der Waals surface area contributed by atoms with E-state index in [1.165, 1.54) is 18.2 Å². The van der Waals surface area contributed by atoms with Crippen molar-refractivity contribution < 1.29 is 14.5 Å². The maximum atomic E-state index is 11.7. The molecular formula is C12H16N4O4. The first-order valence-electron chi connectivity index (χ1n) is 5.90. The second-order valence-electron chi connectivity index (χ2n) is 4.28. The molecule has 0 aliphatic heterocycles. The molecule has 8 nitrogen and oxygen atoms in total. The maximum Gasteiger partial charge on any atom is 0.292 e. The van der Waals surface area contributed by atoms with Crippen molar-refractivity contribution in [3.05, 3.63) is 34.4 Å². The number of nitrogens with zero attached hydrogens (tertiary/aromatic N) is 2. The molecule has 108 valence electrons. The normalized spacial score (nSPS) is 10.3. The summed E-state index contributed by atoms with van der Waals surface area (Å²) in [5, 5.41) is 13.3. The Labute approximate surface area is 115 Å². The molecule has 0 radical (unpaired) electrons. The predicted molar refractivity (Wildman–Crippen MR) is 73.0 cm³/mol. The number of carbonyl (C=O) groups is 2. The topological polar surface area (TPSA) is 119 Å². The van der Waals surface area contributed by atoms with Crippen LogP contribution in [0.1, 0.15) is 6.42 Å². The molecule has 0 atom stereocenters. The zero-order chi connectivity index (χ0) is 15.1. The molecule has 8 heteroatoms. The largest absolute Gasteiger partial charge is 0.369 e. The number of benzene rings is 1. The number of carbonyl (C=O) groups excluding carboxylic acids is 2. The van der Waals surface area contributed by atoms with Gasteiger partial charge >= 0.3 is 0 Å². The van der Waals surface area contributed by atoms with Crippen LogP contribution in [0.3, 0.4) is 0 Å². The average molecular weight is 280 g/mol. The molecule has 3 N–H and O–H groups in total. The van der Waals surface area contributed by atoms with Crippen molar-refractivity contribution in [2.24, 2.45) is 5.73 Å². The van der Waals surface area contributed by atoms with Gasteiger partial charge in [0.1, 0.15) is 5.69 Å². The smallest absolute Gasteiger partial charge is 0.292 e. The molecule has 20 heavy (non-hydrogen) atoms. The molecule has 0 saturated heterocycles. The number of amides is 2. The van der Waals surface area contributed by atoms with Gasteiger partial charge < -0.3 is 11.1 Å². The van der Waals surface area contributed by atoms with Crippen molar-refractivity contribution in [1.82, 2.24) is 4.90 Å². The highest BCUT2D eigenvalue weighted by Crippen LogP contribution is 2.23. The highest BCUT2D eigenvalue weighted by molar-refractivity contribution is 5.93. The van der Waals surface area contributed by atoms with E-state index in [2.05, 4.69) is 5.32 Å². The van der Waals surface area contributed by atoms with Crippen LogP contribution in [0.5, 0.6) is 0 Å². The van der Waals surface area contributed by atoms with Crippen molar-refractivity contribution in [1.29, 1.82) is 0 Å². The Balaban J connectivity index is 2.55. The third-order valence-corrected chi connectivity index (χ3v) is 2.52. The van der Waals surface area contributed by atoms with Crippen LogP contribution >= 0.6 is 0 Å². The minimum Gasteiger partial charge on any atom is -0.369 e. The van der Waals surface area contributed by atoms with E-state index in [0.29, 0.717) is 6.54 Å². The molecule has 0 bridgehead atoms. The highest BCUT2D eigenvalue weighted by atomic mass is 16.6. The van der Waals surface area contributed by atoms with Gasteiger partial charge in [-0.2, -0.15) is 0 Å². The molecule has 0 aliphatic rings. The number of primary amides is 1. The molecule has 0 spiro atoms. The van der Waals surface area contributed by atoms with Gasteiger partial charge in [-0.05, 0) is 13.1 Å². The number of nitrogens with two attached hydrogens (primary N) is 1. The molecule has 0 aromatic heterocycles. The summed E-state index contributed by atoms with van der Waals surface area (Å²) in [5.41, 5.74) is 5.01. The van der Waals surface area contributed by atoms with Crippen molar-refractivity contribution in [3.8, 4) is 0 Å². The molecule has 2 amide bonds. The summed E-state index contributed by atoms with van der Waals surface area (Å²) in [5.74, 6) is -0.845. The van der Waals surface area contributed by atoms with Crippen molar-refractivity contribution in [2.75, 3.05) is 25.5 Å². The Kier molecular flexibility index (Phi) is 5.60. The Morgan fingerprint density at radius 2 is 2.05 bits per heavy atom.